The van der Waals surface area contributed by atoms with Gasteiger partial charge in [-0.2, -0.15) is 4.31 Å². The molecule has 0 atom stereocenters. The Kier molecular flexibility index (Phi) is 7.28. The molecule has 0 aromatic heterocycles. The van der Waals surface area contributed by atoms with Crippen LogP contribution in [0.5, 0.6) is 0 Å². The van der Waals surface area contributed by atoms with E-state index in [2.05, 4.69) is 0 Å². The number of hydrogen-bond donors (Lipinski definition) is 1. The molecular formula is C12H28N2O2S. The van der Waals surface area contributed by atoms with E-state index in [-0.39, 0.29) is 5.75 Å². The Morgan fingerprint density at radius 1 is 1.06 bits per heavy atom. The summed E-state index contributed by atoms with van der Waals surface area (Å²) >= 11 is 0. The van der Waals surface area contributed by atoms with Gasteiger partial charge < -0.3 is 5.73 Å². The highest BCUT2D eigenvalue weighted by Crippen LogP contribution is 2.27. The van der Waals surface area contributed by atoms with Gasteiger partial charge in [0.05, 0.1) is 5.75 Å². The lowest BCUT2D eigenvalue weighted by Gasteiger charge is -2.41. The first kappa shape index (κ1) is 16.9. The molecule has 0 spiro atoms. The molecule has 0 aliphatic rings. The summed E-state index contributed by atoms with van der Waals surface area (Å²) in [6, 6.07) is 0. The fraction of sp³-hybridized carbons (Fsp3) is 1.00. The lowest BCUT2D eigenvalue weighted by Crippen LogP contribution is -2.56. The van der Waals surface area contributed by atoms with Gasteiger partial charge in [-0.05, 0) is 25.7 Å². The molecule has 17 heavy (non-hydrogen) atoms. The predicted molar refractivity (Wildman–Crippen MR) is 73.4 cm³/mol. The highest BCUT2D eigenvalue weighted by Gasteiger charge is 2.38. The Morgan fingerprint density at radius 3 is 1.88 bits per heavy atom. The summed E-state index contributed by atoms with van der Waals surface area (Å²) in [5.41, 5.74) is 5.45. The van der Waals surface area contributed by atoms with Crippen molar-refractivity contribution in [3.8, 4) is 0 Å². The Balaban J connectivity index is 5.33. The number of nitrogens with zero attached hydrogens (tertiary/aromatic N) is 1. The summed E-state index contributed by atoms with van der Waals surface area (Å²) in [6.45, 7) is 8.88. The van der Waals surface area contributed by atoms with Crippen LogP contribution in [0.25, 0.3) is 0 Å². The van der Waals surface area contributed by atoms with Gasteiger partial charge in [0.2, 0.25) is 10.0 Å². The fourth-order valence-electron chi connectivity index (χ4n) is 2.24. The van der Waals surface area contributed by atoms with Crippen LogP contribution in [0.3, 0.4) is 0 Å². The molecule has 0 aromatic carbocycles. The molecule has 104 valence electrons. The topological polar surface area (TPSA) is 63.4 Å². The minimum atomic E-state index is -3.18. The van der Waals surface area contributed by atoms with E-state index in [1.54, 1.807) is 4.31 Å². The number of rotatable bonds is 9. The molecular weight excluding hydrogens is 236 g/mol. The molecule has 0 rings (SSSR count). The van der Waals surface area contributed by atoms with E-state index in [4.69, 9.17) is 5.73 Å². The molecule has 0 saturated heterocycles. The van der Waals surface area contributed by atoms with Crippen LogP contribution in [-0.4, -0.2) is 37.1 Å². The molecule has 0 saturated carbocycles. The van der Waals surface area contributed by atoms with Gasteiger partial charge in [-0.15, -0.1) is 0 Å². The summed E-state index contributed by atoms with van der Waals surface area (Å²) in [4.78, 5) is 0. The Bertz CT molecular complexity index is 289. The lowest BCUT2D eigenvalue weighted by molar-refractivity contribution is 0.178. The van der Waals surface area contributed by atoms with Crippen molar-refractivity contribution in [1.29, 1.82) is 0 Å². The first-order valence-corrected chi connectivity index (χ1v) is 8.25. The predicted octanol–water partition coefficient (Wildman–Crippen LogP) is 1.96. The third kappa shape index (κ3) is 3.93. The normalized spacial score (nSPS) is 13.3. The van der Waals surface area contributed by atoms with Crippen molar-refractivity contribution >= 4 is 10.0 Å². The smallest absolute Gasteiger partial charge is 0.214 e. The van der Waals surface area contributed by atoms with E-state index < -0.39 is 15.6 Å². The van der Waals surface area contributed by atoms with Crippen LogP contribution < -0.4 is 5.73 Å². The molecule has 0 unspecified atom stereocenters. The standard InChI is InChI=1S/C12H28N2O2S/c1-5-9-14(17(15,16)10-6-2)12(7-3,8-4)11-13/h5-11,13H2,1-4H3. The summed E-state index contributed by atoms with van der Waals surface area (Å²) in [5, 5.41) is 0. The second kappa shape index (κ2) is 7.34. The third-order valence-corrected chi connectivity index (χ3v) is 5.62. The van der Waals surface area contributed by atoms with E-state index in [0.717, 1.165) is 19.3 Å². The first-order chi connectivity index (χ1) is 7.94. The Morgan fingerprint density at radius 2 is 1.59 bits per heavy atom. The van der Waals surface area contributed by atoms with Gasteiger partial charge >= 0.3 is 0 Å². The van der Waals surface area contributed by atoms with Crippen molar-refractivity contribution in [2.75, 3.05) is 18.8 Å². The van der Waals surface area contributed by atoms with Crippen LogP contribution in [0.4, 0.5) is 0 Å². The first-order valence-electron chi connectivity index (χ1n) is 6.64. The molecule has 4 nitrogen and oxygen atoms in total. The largest absolute Gasteiger partial charge is 0.329 e. The number of hydrogen-bond acceptors (Lipinski definition) is 3. The SMILES string of the molecule is CCCN(C(CC)(CC)CN)S(=O)(=O)CCC. The van der Waals surface area contributed by atoms with Crippen LogP contribution in [0.2, 0.25) is 0 Å². The zero-order valence-corrected chi connectivity index (χ0v) is 12.5. The van der Waals surface area contributed by atoms with Crippen molar-refractivity contribution < 1.29 is 8.42 Å². The van der Waals surface area contributed by atoms with Gasteiger partial charge in [0.15, 0.2) is 0 Å². The molecule has 0 aliphatic carbocycles. The van der Waals surface area contributed by atoms with Gasteiger partial charge in [-0.25, -0.2) is 8.42 Å². The summed E-state index contributed by atoms with van der Waals surface area (Å²) in [6.07, 6.45) is 3.01. The lowest BCUT2D eigenvalue weighted by atomic mass is 9.93. The van der Waals surface area contributed by atoms with Crippen LogP contribution in [0, 0.1) is 0 Å². The van der Waals surface area contributed by atoms with E-state index in [1.807, 2.05) is 27.7 Å². The van der Waals surface area contributed by atoms with Crippen LogP contribution >= 0.6 is 0 Å². The summed E-state index contributed by atoms with van der Waals surface area (Å²) in [7, 11) is -3.18. The van der Waals surface area contributed by atoms with E-state index in [9.17, 15) is 8.42 Å². The maximum Gasteiger partial charge on any atom is 0.214 e. The van der Waals surface area contributed by atoms with Crippen molar-refractivity contribution in [3.05, 3.63) is 0 Å². The second-order valence-electron chi connectivity index (χ2n) is 4.52. The average molecular weight is 264 g/mol. The van der Waals surface area contributed by atoms with E-state index in [1.165, 1.54) is 0 Å². The quantitative estimate of drug-likeness (QED) is 0.692. The molecule has 2 N–H and O–H groups in total. The van der Waals surface area contributed by atoms with Crippen molar-refractivity contribution in [3.63, 3.8) is 0 Å². The molecule has 0 aliphatic heterocycles. The fourth-order valence-corrected chi connectivity index (χ4v) is 4.36. The minimum absolute atomic E-state index is 0.217. The van der Waals surface area contributed by atoms with E-state index >= 15 is 0 Å². The summed E-state index contributed by atoms with van der Waals surface area (Å²) < 4.78 is 26.3. The maximum atomic E-state index is 12.3. The summed E-state index contributed by atoms with van der Waals surface area (Å²) in [5.74, 6) is 0.217. The van der Waals surface area contributed by atoms with Gasteiger partial charge in [-0.1, -0.05) is 27.7 Å². The molecule has 0 radical (unpaired) electrons. The number of nitrogens with two attached hydrogens (primary N) is 1. The molecule has 0 heterocycles. The third-order valence-electron chi connectivity index (χ3n) is 3.45. The van der Waals surface area contributed by atoms with Gasteiger partial charge in [0, 0.05) is 18.6 Å². The zero-order chi connectivity index (χ0) is 13.5. The molecule has 0 amide bonds. The van der Waals surface area contributed by atoms with Gasteiger partial charge in [-0.3, -0.25) is 0 Å². The van der Waals surface area contributed by atoms with Crippen LogP contribution in [-0.2, 0) is 10.0 Å². The van der Waals surface area contributed by atoms with Gasteiger partial charge in [0.1, 0.15) is 0 Å². The minimum Gasteiger partial charge on any atom is -0.329 e. The van der Waals surface area contributed by atoms with Gasteiger partial charge in [0.25, 0.3) is 0 Å². The monoisotopic (exact) mass is 264 g/mol. The van der Waals surface area contributed by atoms with Crippen molar-refractivity contribution in [2.24, 2.45) is 5.73 Å². The molecule has 0 aromatic rings. The number of sulfonamides is 1. The molecule has 0 bridgehead atoms. The molecule has 5 heteroatoms. The van der Waals surface area contributed by atoms with Crippen molar-refractivity contribution in [2.45, 2.75) is 58.9 Å². The molecule has 0 fully saturated rings. The zero-order valence-electron chi connectivity index (χ0n) is 11.7. The highest BCUT2D eigenvalue weighted by atomic mass is 32.2. The Labute approximate surface area is 107 Å². The van der Waals surface area contributed by atoms with Crippen LogP contribution in [0.1, 0.15) is 53.4 Å². The van der Waals surface area contributed by atoms with Crippen LogP contribution in [0.15, 0.2) is 0 Å². The average Bonchev–Trinajstić information content (AvgIpc) is 2.30. The van der Waals surface area contributed by atoms with E-state index in [0.29, 0.717) is 19.5 Å². The Hall–Kier alpha value is -0.130. The van der Waals surface area contributed by atoms with Crippen molar-refractivity contribution in [1.82, 2.24) is 4.31 Å². The maximum absolute atomic E-state index is 12.3. The second-order valence-corrected chi connectivity index (χ2v) is 6.54. The highest BCUT2D eigenvalue weighted by molar-refractivity contribution is 7.89.